The van der Waals surface area contributed by atoms with E-state index in [0.717, 1.165) is 55.2 Å². The fourth-order valence-corrected chi connectivity index (χ4v) is 8.86. The van der Waals surface area contributed by atoms with Crippen molar-refractivity contribution in [2.24, 2.45) is 5.92 Å². The van der Waals surface area contributed by atoms with Crippen LogP contribution in [0.4, 0.5) is 5.82 Å². The van der Waals surface area contributed by atoms with Gasteiger partial charge in [0.05, 0.1) is 31.5 Å². The van der Waals surface area contributed by atoms with Gasteiger partial charge in [0.25, 0.3) is 0 Å². The minimum absolute atomic E-state index is 0.0265. The molecule has 11 atom stereocenters. The van der Waals surface area contributed by atoms with Crippen molar-refractivity contribution in [1.82, 2.24) is 9.55 Å². The highest BCUT2D eigenvalue weighted by molar-refractivity contribution is 7.61. The van der Waals surface area contributed by atoms with Gasteiger partial charge in [-0.05, 0) is 44.1 Å². The summed E-state index contributed by atoms with van der Waals surface area (Å²) in [5.74, 6) is -0.913. The molecule has 2 rings (SSSR count). The Hall–Kier alpha value is -3.66. The molecule has 0 amide bonds. The molecule has 1 fully saturated rings. The molecule has 1 aliphatic heterocycles. The minimum atomic E-state index is -5.51. The number of unbranched alkanes of at least 4 members (excludes halogenated alkanes) is 7. The molecule has 1 aromatic rings. The Balaban J connectivity index is 1.92. The number of nitrogen functional groups attached to an aromatic ring is 1. The molecule has 70 heavy (non-hydrogen) atoms. The van der Waals surface area contributed by atoms with Crippen molar-refractivity contribution in [3.05, 3.63) is 83.5 Å². The number of hydrogen-bond acceptors (Lipinski definition) is 18. The molecule has 1 saturated heterocycles. The monoisotopic (exact) mass is 1030 g/mol. The summed E-state index contributed by atoms with van der Waals surface area (Å²) in [7, 11) is -11.0. The highest BCUT2D eigenvalue weighted by atomic mass is 31.3. The number of carbonyl (C=O) groups excluding carboxylic acids is 2. The number of phosphoric ester groups is 2. The Kier molecular flexibility index (Phi) is 30.9. The van der Waals surface area contributed by atoms with E-state index in [1.165, 1.54) is 43.9 Å². The lowest BCUT2D eigenvalue weighted by molar-refractivity contribution is -0.161. The van der Waals surface area contributed by atoms with Crippen LogP contribution in [0, 0.1) is 5.92 Å². The van der Waals surface area contributed by atoms with Crippen molar-refractivity contribution in [3.63, 3.8) is 0 Å². The molecule has 3 unspecified atom stereocenters. The van der Waals surface area contributed by atoms with Crippen LogP contribution in [-0.4, -0.2) is 119 Å². The second kappa shape index (κ2) is 34.7. The van der Waals surface area contributed by atoms with Gasteiger partial charge in [-0.2, -0.15) is 9.29 Å². The molecule has 0 aliphatic carbocycles. The van der Waals surface area contributed by atoms with E-state index in [1.807, 2.05) is 19.1 Å². The molecule has 2 heterocycles. The van der Waals surface area contributed by atoms with Gasteiger partial charge < -0.3 is 55.3 Å². The number of carbonyl (C=O) groups is 2. The average Bonchev–Trinajstić information content (AvgIpc) is 3.58. The molecule has 21 nitrogen and oxygen atoms in total. The van der Waals surface area contributed by atoms with Crippen LogP contribution >= 0.6 is 15.6 Å². The summed E-state index contributed by atoms with van der Waals surface area (Å²) in [5, 5.41) is 51.5. The molecule has 0 saturated carbocycles. The molecule has 0 radical (unpaired) electrons. The number of aromatic nitrogens is 2. The van der Waals surface area contributed by atoms with E-state index in [4.69, 9.17) is 29.0 Å². The zero-order valence-corrected chi connectivity index (χ0v) is 42.3. The van der Waals surface area contributed by atoms with Crippen LogP contribution in [0.5, 0.6) is 0 Å². The molecular formula is C47H77N3O18P2. The van der Waals surface area contributed by atoms with Crippen LogP contribution in [0.25, 0.3) is 0 Å². The molecular weight excluding hydrogens is 956 g/mol. The summed E-state index contributed by atoms with van der Waals surface area (Å²) in [4.78, 5) is 61.8. The lowest BCUT2D eigenvalue weighted by Crippen LogP contribution is -2.36. The Labute approximate surface area is 410 Å². The summed E-state index contributed by atoms with van der Waals surface area (Å²) in [6.45, 7) is 3.87. The summed E-state index contributed by atoms with van der Waals surface area (Å²) in [5.41, 5.74) is 4.54. The first kappa shape index (κ1) is 62.5. The van der Waals surface area contributed by atoms with Gasteiger partial charge >= 0.3 is 33.3 Å². The molecule has 23 heteroatoms. The molecule has 0 spiro atoms. The Morgan fingerprint density at radius 2 is 1.43 bits per heavy atom. The molecule has 1 aromatic heterocycles. The third-order valence-electron chi connectivity index (χ3n) is 11.0. The first-order valence-electron chi connectivity index (χ1n) is 24.0. The second-order valence-corrected chi connectivity index (χ2v) is 20.1. The molecule has 0 bridgehead atoms. The van der Waals surface area contributed by atoms with Crippen molar-refractivity contribution < 1.29 is 81.6 Å². The SMILES string of the molecule is CC/C=C\C[C@H](O)/C=C/C=C/C=C\C=C/[C@@H](O)[C@H](O)CCCC(=O)O[C@H](COC(=O)CCCCCCCCCCC(C)CC)COP(=O)(O)OP(=O)(O)OC[C@H]1O[C@@H](n2ccc(N)nc2=O)[C@H](O)[C@@H]1O. The summed E-state index contributed by atoms with van der Waals surface area (Å²) < 4.78 is 56.4. The number of aliphatic hydroxyl groups is 5. The number of phosphoric acid groups is 2. The van der Waals surface area contributed by atoms with Crippen molar-refractivity contribution in [3.8, 4) is 0 Å². The number of rotatable bonds is 37. The van der Waals surface area contributed by atoms with Crippen molar-refractivity contribution in [2.75, 3.05) is 25.6 Å². The van der Waals surface area contributed by atoms with Gasteiger partial charge in [-0.25, -0.2) is 13.9 Å². The first-order valence-corrected chi connectivity index (χ1v) is 27.0. The quantitative estimate of drug-likeness (QED) is 0.0126. The normalized spacial score (nSPS) is 21.6. The molecule has 0 aromatic carbocycles. The Morgan fingerprint density at radius 3 is 2.09 bits per heavy atom. The third-order valence-corrected chi connectivity index (χ3v) is 13.6. The highest BCUT2D eigenvalue weighted by Gasteiger charge is 2.46. The maximum absolute atomic E-state index is 12.9. The van der Waals surface area contributed by atoms with E-state index in [-0.39, 0.29) is 31.5 Å². The van der Waals surface area contributed by atoms with Crippen LogP contribution in [0.1, 0.15) is 130 Å². The fourth-order valence-electron chi connectivity index (χ4n) is 6.75. The number of ether oxygens (including phenoxy) is 3. The maximum atomic E-state index is 12.9. The van der Waals surface area contributed by atoms with E-state index in [9.17, 15) is 58.8 Å². The third kappa shape index (κ3) is 27.2. The predicted octanol–water partition coefficient (Wildman–Crippen LogP) is 5.93. The van der Waals surface area contributed by atoms with Gasteiger partial charge in [0, 0.05) is 19.0 Å². The van der Waals surface area contributed by atoms with Crippen LogP contribution in [0.15, 0.2) is 77.8 Å². The van der Waals surface area contributed by atoms with Gasteiger partial charge in [0.1, 0.15) is 30.7 Å². The van der Waals surface area contributed by atoms with Crippen LogP contribution in [-0.2, 0) is 46.3 Å². The minimum Gasteiger partial charge on any atom is -0.462 e. The zero-order chi connectivity index (χ0) is 52.0. The van der Waals surface area contributed by atoms with Gasteiger partial charge in [-0.1, -0.05) is 139 Å². The van der Waals surface area contributed by atoms with Gasteiger partial charge in [0.2, 0.25) is 0 Å². The van der Waals surface area contributed by atoms with Crippen LogP contribution in [0.2, 0.25) is 0 Å². The zero-order valence-electron chi connectivity index (χ0n) is 40.5. The fraction of sp³-hybridized carbons (Fsp3) is 0.660. The van der Waals surface area contributed by atoms with E-state index >= 15 is 0 Å². The maximum Gasteiger partial charge on any atom is 0.481 e. The number of anilines is 1. The number of hydrogen-bond donors (Lipinski definition) is 8. The standard InChI is InChI=1S/C47H77N3O18P2/c1-4-6-17-24-36(51)25-19-14-11-12-15-20-26-38(52)39(53)27-22-29-43(55)66-37(32-63-42(54)28-21-16-10-8-7-9-13-18-23-35(3)5-2)33-64-69(59,60)68-70(61,62)65-34-40-44(56)45(57)46(67-40)50-31-30-41(48)49-47(50)58/h6,11-12,14-15,17,19-20,25-26,30-31,35-40,44-46,51-53,56-57H,4-5,7-10,13,16,18,21-24,27-29,32-34H2,1-3H3,(H,59,60)(H,61,62)(H2,48,49,58)/b14-11+,15-12-,17-6-,25-19+,26-20-/t35?,36-,37+,38+,39+,40+,44+,45+,46+/m0/s1. The van der Waals surface area contributed by atoms with Gasteiger partial charge in [-0.3, -0.25) is 23.2 Å². The lowest BCUT2D eigenvalue weighted by atomic mass is 9.99. The smallest absolute Gasteiger partial charge is 0.462 e. The largest absolute Gasteiger partial charge is 0.481 e. The molecule has 9 N–H and O–H groups in total. The van der Waals surface area contributed by atoms with Crippen LogP contribution in [0.3, 0.4) is 0 Å². The number of allylic oxidation sites excluding steroid dienone is 7. The topological polar surface area (TPSA) is 326 Å². The van der Waals surface area contributed by atoms with E-state index in [2.05, 4.69) is 23.1 Å². The van der Waals surface area contributed by atoms with Crippen molar-refractivity contribution in [2.45, 2.75) is 172 Å². The predicted molar refractivity (Wildman–Crippen MR) is 260 cm³/mol. The van der Waals surface area contributed by atoms with E-state index in [0.29, 0.717) is 12.8 Å². The summed E-state index contributed by atoms with van der Waals surface area (Å²) in [6, 6.07) is 1.22. The number of nitrogens with two attached hydrogens (primary N) is 1. The van der Waals surface area contributed by atoms with Crippen LogP contribution < -0.4 is 11.4 Å². The van der Waals surface area contributed by atoms with Gasteiger partial charge in [-0.15, -0.1) is 0 Å². The van der Waals surface area contributed by atoms with Crippen molar-refractivity contribution >= 4 is 33.4 Å². The summed E-state index contributed by atoms with van der Waals surface area (Å²) >= 11 is 0. The molecule has 1 aliphatic rings. The van der Waals surface area contributed by atoms with Gasteiger partial charge in [0.15, 0.2) is 12.3 Å². The highest BCUT2D eigenvalue weighted by Crippen LogP contribution is 2.60. The molecule has 398 valence electrons. The Morgan fingerprint density at radius 1 is 0.814 bits per heavy atom. The van der Waals surface area contributed by atoms with E-state index in [1.54, 1.807) is 36.5 Å². The number of esters is 2. The Bertz CT molecular complexity index is 1980. The number of aliphatic hydroxyl groups excluding tert-OH is 5. The summed E-state index contributed by atoms with van der Waals surface area (Å²) in [6.07, 6.45) is 18.4. The van der Waals surface area contributed by atoms with E-state index < -0.39 is 102 Å². The first-order chi connectivity index (χ1) is 33.3. The average molecular weight is 1030 g/mol. The second-order valence-electron chi connectivity index (χ2n) is 17.0. The number of nitrogens with zero attached hydrogens (tertiary/aromatic N) is 2. The van der Waals surface area contributed by atoms with Crippen molar-refractivity contribution in [1.29, 1.82) is 0 Å². The lowest BCUT2D eigenvalue weighted by Gasteiger charge is -2.21.